The van der Waals surface area contributed by atoms with Gasteiger partial charge < -0.3 is 10.4 Å². The molecule has 0 spiro atoms. The van der Waals surface area contributed by atoms with E-state index < -0.39 is 73.0 Å². The van der Waals surface area contributed by atoms with Gasteiger partial charge in [0.15, 0.2) is 0 Å². The summed E-state index contributed by atoms with van der Waals surface area (Å²) in [5.41, 5.74) is 0.243. The van der Waals surface area contributed by atoms with Crippen LogP contribution in [0, 0.1) is 17.1 Å². The molecule has 0 bridgehead atoms. The Kier molecular flexibility index (Phi) is 10.2. The van der Waals surface area contributed by atoms with E-state index in [1.807, 2.05) is 6.07 Å². The SMILES string of the molecule is C.N#Cc1ccnc(N2C(=O)[C@@H](O)C[C@H]2C(=O)N(c2cccc(F)c2)[C@H](C(=O)NC2CCC(F)(F)CC2)c2ccccc2Cl)c1. The number of carbonyl (C=O) groups excluding carboxylic acids is 3. The molecule has 1 aliphatic heterocycles. The fraction of sp³-hybridized carbons (Fsp3) is 0.344. The first-order valence-electron chi connectivity index (χ1n) is 13.9. The van der Waals surface area contributed by atoms with E-state index in [4.69, 9.17) is 11.6 Å². The summed E-state index contributed by atoms with van der Waals surface area (Å²) in [5.74, 6) is -6.14. The molecule has 1 aromatic heterocycles. The van der Waals surface area contributed by atoms with Crippen LogP contribution in [0.1, 0.15) is 56.7 Å². The molecule has 2 aliphatic rings. The maximum atomic E-state index is 14.6. The van der Waals surface area contributed by atoms with E-state index in [2.05, 4.69) is 10.3 Å². The Hall–Kier alpha value is -4.47. The first-order valence-corrected chi connectivity index (χ1v) is 14.3. The monoisotopic (exact) mass is 641 g/mol. The fourth-order valence-electron chi connectivity index (χ4n) is 5.58. The van der Waals surface area contributed by atoms with Crippen LogP contribution in [-0.2, 0) is 14.4 Å². The lowest BCUT2D eigenvalue weighted by Crippen LogP contribution is -2.53. The van der Waals surface area contributed by atoms with E-state index >= 15 is 0 Å². The molecule has 3 atom stereocenters. The number of nitrogens with one attached hydrogen (secondary N) is 1. The molecule has 2 N–H and O–H groups in total. The second kappa shape index (κ2) is 13.7. The minimum Gasteiger partial charge on any atom is -0.383 e. The standard InChI is InChI=1S/C31H27ClF3N5O4.CH4/c32-23-7-2-1-6-22(23)27(28(42)38-20-8-11-31(34,35)12-9-20)39(21-5-3-4-19(33)15-21)29(43)24-16-25(41)30(44)40(24)26-14-18(17-36)10-13-37-26;/h1-7,10,13-15,20,24-25,27,41H,8-9,11-12,16H2,(H,38,42);1H4/t24-,25-,27-;/m0./s1. The number of rotatable bonds is 7. The number of pyridine rings is 1. The van der Waals surface area contributed by atoms with Crippen LogP contribution in [0.5, 0.6) is 0 Å². The molecule has 1 saturated heterocycles. The van der Waals surface area contributed by atoms with E-state index in [1.165, 1.54) is 42.6 Å². The van der Waals surface area contributed by atoms with Gasteiger partial charge in [0.05, 0.1) is 11.6 Å². The molecule has 13 heteroatoms. The average molecular weight is 642 g/mol. The highest BCUT2D eigenvalue weighted by Gasteiger charge is 2.48. The van der Waals surface area contributed by atoms with Crippen LogP contribution in [0.25, 0.3) is 0 Å². The zero-order chi connectivity index (χ0) is 31.6. The Morgan fingerprint density at radius 2 is 1.84 bits per heavy atom. The average Bonchev–Trinajstić information content (AvgIpc) is 3.30. The Balaban J connectivity index is 0.00000461. The highest BCUT2D eigenvalue weighted by Crippen LogP contribution is 2.37. The van der Waals surface area contributed by atoms with Gasteiger partial charge in [0, 0.05) is 47.8 Å². The lowest BCUT2D eigenvalue weighted by molar-refractivity contribution is -0.128. The highest BCUT2D eigenvalue weighted by molar-refractivity contribution is 6.31. The molecule has 0 radical (unpaired) electrons. The number of nitrogens with zero attached hydrogens (tertiary/aromatic N) is 4. The van der Waals surface area contributed by atoms with Crippen LogP contribution in [0.2, 0.25) is 5.02 Å². The summed E-state index contributed by atoms with van der Waals surface area (Å²) in [6, 6.07) is 12.1. The van der Waals surface area contributed by atoms with Crippen molar-refractivity contribution in [2.24, 2.45) is 0 Å². The van der Waals surface area contributed by atoms with Crippen molar-refractivity contribution < 1.29 is 32.7 Å². The number of benzene rings is 2. The van der Waals surface area contributed by atoms with E-state index in [0.29, 0.717) is 0 Å². The van der Waals surface area contributed by atoms with E-state index in [-0.39, 0.29) is 47.9 Å². The third-order valence-electron chi connectivity index (χ3n) is 7.78. The zero-order valence-electron chi connectivity index (χ0n) is 23.2. The predicted octanol–water partition coefficient (Wildman–Crippen LogP) is 5.32. The van der Waals surface area contributed by atoms with Gasteiger partial charge in [-0.25, -0.2) is 18.2 Å². The van der Waals surface area contributed by atoms with Gasteiger partial charge in [-0.3, -0.25) is 24.2 Å². The van der Waals surface area contributed by atoms with Crippen molar-refractivity contribution in [1.29, 1.82) is 5.26 Å². The molecule has 2 fully saturated rings. The summed E-state index contributed by atoms with van der Waals surface area (Å²) in [7, 11) is 0. The topological polar surface area (TPSA) is 127 Å². The Bertz CT molecular complexity index is 1620. The molecule has 5 rings (SSSR count). The third kappa shape index (κ3) is 7.10. The lowest BCUT2D eigenvalue weighted by Gasteiger charge is -2.37. The van der Waals surface area contributed by atoms with E-state index in [9.17, 15) is 37.9 Å². The number of anilines is 2. The number of aliphatic hydroxyl groups is 1. The molecule has 1 saturated carbocycles. The van der Waals surface area contributed by atoms with Crippen molar-refractivity contribution in [1.82, 2.24) is 10.3 Å². The summed E-state index contributed by atoms with van der Waals surface area (Å²) in [5, 5.41) is 22.8. The van der Waals surface area contributed by atoms with Crippen LogP contribution >= 0.6 is 11.6 Å². The Morgan fingerprint density at radius 1 is 1.13 bits per heavy atom. The Morgan fingerprint density at radius 3 is 2.51 bits per heavy atom. The quantitative estimate of drug-likeness (QED) is 0.360. The number of aliphatic hydroxyl groups excluding tert-OH is 1. The summed E-state index contributed by atoms with van der Waals surface area (Å²) < 4.78 is 42.3. The van der Waals surface area contributed by atoms with Crippen molar-refractivity contribution in [3.8, 4) is 6.07 Å². The normalized spacial score (nSPS) is 20.1. The van der Waals surface area contributed by atoms with Crippen molar-refractivity contribution in [3.05, 3.63) is 88.8 Å². The summed E-state index contributed by atoms with van der Waals surface area (Å²) >= 11 is 6.54. The lowest BCUT2D eigenvalue weighted by atomic mass is 9.91. The van der Waals surface area contributed by atoms with E-state index in [1.54, 1.807) is 12.1 Å². The van der Waals surface area contributed by atoms with Gasteiger partial charge >= 0.3 is 0 Å². The first kappa shape index (κ1) is 33.4. The first-order chi connectivity index (χ1) is 21.0. The van der Waals surface area contributed by atoms with Crippen LogP contribution in [0.15, 0.2) is 66.9 Å². The highest BCUT2D eigenvalue weighted by atomic mass is 35.5. The summed E-state index contributed by atoms with van der Waals surface area (Å²) in [4.78, 5) is 47.9. The molecule has 9 nitrogen and oxygen atoms in total. The molecule has 1 aliphatic carbocycles. The molecular formula is C32H31ClF3N5O4. The number of nitriles is 1. The largest absolute Gasteiger partial charge is 0.383 e. The molecular weight excluding hydrogens is 611 g/mol. The number of hydrogen-bond acceptors (Lipinski definition) is 6. The van der Waals surface area contributed by atoms with Crippen LogP contribution in [0.4, 0.5) is 24.7 Å². The molecule has 0 unspecified atom stereocenters. The number of amides is 3. The van der Waals surface area contributed by atoms with Gasteiger partial charge in [-0.1, -0.05) is 43.3 Å². The van der Waals surface area contributed by atoms with Gasteiger partial charge in [-0.05, 0) is 49.2 Å². The number of halogens is 4. The number of aromatic nitrogens is 1. The molecule has 2 aromatic carbocycles. The summed E-state index contributed by atoms with van der Waals surface area (Å²) in [6.45, 7) is 0. The smallest absolute Gasteiger partial charge is 0.257 e. The zero-order valence-corrected chi connectivity index (χ0v) is 23.9. The van der Waals surface area contributed by atoms with Gasteiger partial charge in [0.1, 0.15) is 29.8 Å². The van der Waals surface area contributed by atoms with E-state index in [0.717, 1.165) is 21.9 Å². The van der Waals surface area contributed by atoms with Gasteiger partial charge in [0.25, 0.3) is 11.8 Å². The maximum Gasteiger partial charge on any atom is 0.257 e. The maximum absolute atomic E-state index is 14.6. The number of hydrogen-bond donors (Lipinski definition) is 2. The number of alkyl halides is 2. The van der Waals surface area contributed by atoms with Crippen molar-refractivity contribution >= 4 is 40.8 Å². The van der Waals surface area contributed by atoms with Crippen molar-refractivity contribution in [3.63, 3.8) is 0 Å². The second-order valence-electron chi connectivity index (χ2n) is 10.7. The molecule has 3 aromatic rings. The fourth-order valence-corrected chi connectivity index (χ4v) is 5.82. The van der Waals surface area contributed by atoms with Crippen molar-refractivity contribution in [2.75, 3.05) is 9.80 Å². The van der Waals surface area contributed by atoms with Crippen LogP contribution < -0.4 is 15.1 Å². The minimum atomic E-state index is -2.84. The van der Waals surface area contributed by atoms with Crippen LogP contribution in [0.3, 0.4) is 0 Å². The molecule has 45 heavy (non-hydrogen) atoms. The van der Waals surface area contributed by atoms with Crippen LogP contribution in [-0.4, -0.2) is 51.9 Å². The third-order valence-corrected chi connectivity index (χ3v) is 8.13. The molecule has 236 valence electrons. The number of carbonyl (C=O) groups is 3. The van der Waals surface area contributed by atoms with Gasteiger partial charge in [-0.15, -0.1) is 0 Å². The van der Waals surface area contributed by atoms with Crippen molar-refractivity contribution in [2.45, 2.75) is 69.7 Å². The van der Waals surface area contributed by atoms with Gasteiger partial charge in [0.2, 0.25) is 11.8 Å². The molecule has 2 heterocycles. The predicted molar refractivity (Wildman–Crippen MR) is 161 cm³/mol. The van der Waals surface area contributed by atoms with Gasteiger partial charge in [-0.2, -0.15) is 5.26 Å². The minimum absolute atomic E-state index is 0. The summed E-state index contributed by atoms with van der Waals surface area (Å²) in [6.07, 6.45) is -1.58. The molecule has 3 amide bonds. The Labute approximate surface area is 263 Å². The second-order valence-corrected chi connectivity index (χ2v) is 11.1.